The van der Waals surface area contributed by atoms with Gasteiger partial charge in [-0.15, -0.1) is 0 Å². The first kappa shape index (κ1) is 11.7. The first-order valence-corrected chi connectivity index (χ1v) is 6.60. The fraction of sp³-hybridized carbons (Fsp3) is 0.714. The molecular formula is C14H23NO. The van der Waals surface area contributed by atoms with Crippen molar-refractivity contribution in [1.29, 1.82) is 0 Å². The first-order chi connectivity index (χ1) is 7.81. The highest BCUT2D eigenvalue weighted by molar-refractivity contribution is 5.05. The quantitative estimate of drug-likeness (QED) is 0.837. The van der Waals surface area contributed by atoms with Crippen molar-refractivity contribution in [2.45, 2.75) is 51.5 Å². The summed E-state index contributed by atoms with van der Waals surface area (Å²) in [6.07, 6.45) is 9.68. The minimum absolute atomic E-state index is 0.109. The molecule has 1 saturated carbocycles. The van der Waals surface area contributed by atoms with Crippen molar-refractivity contribution in [3.8, 4) is 0 Å². The maximum absolute atomic E-state index is 6.24. The van der Waals surface area contributed by atoms with Crippen LogP contribution in [0.15, 0.2) is 22.8 Å². The normalized spacial score (nSPS) is 27.9. The second-order valence-corrected chi connectivity index (χ2v) is 5.11. The van der Waals surface area contributed by atoms with Crippen LogP contribution in [0, 0.1) is 11.8 Å². The molecule has 16 heavy (non-hydrogen) atoms. The minimum Gasteiger partial charge on any atom is -0.468 e. The van der Waals surface area contributed by atoms with E-state index < -0.39 is 0 Å². The molecule has 0 aliphatic heterocycles. The first-order valence-electron chi connectivity index (χ1n) is 6.60. The Morgan fingerprint density at radius 2 is 2.12 bits per heavy atom. The van der Waals surface area contributed by atoms with E-state index in [9.17, 15) is 0 Å². The van der Waals surface area contributed by atoms with Gasteiger partial charge in [0.1, 0.15) is 5.76 Å². The zero-order valence-corrected chi connectivity index (χ0v) is 10.2. The van der Waals surface area contributed by atoms with Crippen LogP contribution in [0.4, 0.5) is 0 Å². The highest BCUT2D eigenvalue weighted by Crippen LogP contribution is 2.37. The van der Waals surface area contributed by atoms with E-state index in [1.54, 1.807) is 6.26 Å². The maximum Gasteiger partial charge on any atom is 0.120 e. The van der Waals surface area contributed by atoms with Crippen LogP contribution >= 0.6 is 0 Å². The summed E-state index contributed by atoms with van der Waals surface area (Å²) in [5.41, 5.74) is 6.24. The second kappa shape index (κ2) is 5.53. The molecule has 0 bridgehead atoms. The van der Waals surface area contributed by atoms with Gasteiger partial charge >= 0.3 is 0 Å². The summed E-state index contributed by atoms with van der Waals surface area (Å²) >= 11 is 0. The van der Waals surface area contributed by atoms with E-state index >= 15 is 0 Å². The molecule has 2 rings (SSSR count). The van der Waals surface area contributed by atoms with E-state index in [0.29, 0.717) is 5.92 Å². The lowest BCUT2D eigenvalue weighted by molar-refractivity contribution is 0.221. The van der Waals surface area contributed by atoms with Gasteiger partial charge in [0.25, 0.3) is 0 Å². The van der Waals surface area contributed by atoms with Crippen LogP contribution in [0.1, 0.15) is 57.3 Å². The lowest BCUT2D eigenvalue weighted by Gasteiger charge is -2.31. The summed E-state index contributed by atoms with van der Waals surface area (Å²) in [7, 11) is 0. The smallest absolute Gasteiger partial charge is 0.120 e. The summed E-state index contributed by atoms with van der Waals surface area (Å²) < 4.78 is 5.40. The fourth-order valence-electron chi connectivity index (χ4n) is 2.96. The SMILES string of the molecule is CCCC1CCC(C(N)c2ccco2)CC1. The van der Waals surface area contributed by atoms with Gasteiger partial charge in [-0.25, -0.2) is 0 Å². The van der Waals surface area contributed by atoms with Crippen LogP contribution in [0.5, 0.6) is 0 Å². The number of hydrogen-bond donors (Lipinski definition) is 1. The average molecular weight is 221 g/mol. The molecule has 1 atom stereocenters. The monoisotopic (exact) mass is 221 g/mol. The summed E-state index contributed by atoms with van der Waals surface area (Å²) in [6, 6.07) is 4.04. The molecule has 1 aromatic heterocycles. The van der Waals surface area contributed by atoms with Crippen LogP contribution in [0.3, 0.4) is 0 Å². The molecule has 0 radical (unpaired) electrons. The van der Waals surface area contributed by atoms with Crippen molar-refractivity contribution in [1.82, 2.24) is 0 Å². The Morgan fingerprint density at radius 3 is 2.69 bits per heavy atom. The lowest BCUT2D eigenvalue weighted by atomic mass is 9.77. The van der Waals surface area contributed by atoms with Gasteiger partial charge in [-0.2, -0.15) is 0 Å². The van der Waals surface area contributed by atoms with E-state index in [4.69, 9.17) is 10.2 Å². The number of nitrogens with two attached hydrogens (primary N) is 1. The van der Waals surface area contributed by atoms with Gasteiger partial charge in [0.2, 0.25) is 0 Å². The van der Waals surface area contributed by atoms with Crippen LogP contribution in [0.2, 0.25) is 0 Å². The molecule has 1 unspecified atom stereocenters. The van der Waals surface area contributed by atoms with E-state index in [1.165, 1.54) is 38.5 Å². The molecular weight excluding hydrogens is 198 g/mol. The summed E-state index contributed by atoms with van der Waals surface area (Å²) in [5, 5.41) is 0. The molecule has 2 N–H and O–H groups in total. The molecule has 1 aromatic rings. The van der Waals surface area contributed by atoms with Gasteiger partial charge in [-0.1, -0.05) is 32.6 Å². The highest BCUT2D eigenvalue weighted by atomic mass is 16.3. The van der Waals surface area contributed by atoms with Crippen molar-refractivity contribution in [2.24, 2.45) is 17.6 Å². The van der Waals surface area contributed by atoms with Crippen molar-refractivity contribution in [3.63, 3.8) is 0 Å². The largest absolute Gasteiger partial charge is 0.468 e. The molecule has 2 heteroatoms. The molecule has 1 fully saturated rings. The Bertz CT molecular complexity index is 286. The van der Waals surface area contributed by atoms with Crippen LogP contribution < -0.4 is 5.73 Å². The van der Waals surface area contributed by atoms with Crippen molar-refractivity contribution in [2.75, 3.05) is 0 Å². The molecule has 0 aromatic carbocycles. The van der Waals surface area contributed by atoms with Gasteiger partial charge in [-0.3, -0.25) is 0 Å². The van der Waals surface area contributed by atoms with E-state index in [1.807, 2.05) is 12.1 Å². The van der Waals surface area contributed by atoms with Gasteiger partial charge in [0.05, 0.1) is 12.3 Å². The summed E-state index contributed by atoms with van der Waals surface area (Å²) in [4.78, 5) is 0. The summed E-state index contributed by atoms with van der Waals surface area (Å²) in [5.74, 6) is 2.53. The standard InChI is InChI=1S/C14H23NO/c1-2-4-11-6-8-12(9-7-11)14(15)13-5-3-10-16-13/h3,5,10-12,14H,2,4,6-9,15H2,1H3. The molecule has 1 heterocycles. The van der Waals surface area contributed by atoms with E-state index in [0.717, 1.165) is 11.7 Å². The molecule has 0 amide bonds. The third kappa shape index (κ3) is 2.67. The zero-order valence-electron chi connectivity index (χ0n) is 10.2. The van der Waals surface area contributed by atoms with Gasteiger partial charge in [0.15, 0.2) is 0 Å². The number of furan rings is 1. The zero-order chi connectivity index (χ0) is 11.4. The molecule has 2 nitrogen and oxygen atoms in total. The van der Waals surface area contributed by atoms with Crippen molar-refractivity contribution >= 4 is 0 Å². The summed E-state index contributed by atoms with van der Waals surface area (Å²) in [6.45, 7) is 2.28. The van der Waals surface area contributed by atoms with Gasteiger partial charge < -0.3 is 10.2 Å². The third-order valence-corrected chi connectivity index (χ3v) is 3.97. The van der Waals surface area contributed by atoms with Crippen molar-refractivity contribution in [3.05, 3.63) is 24.2 Å². The lowest BCUT2D eigenvalue weighted by Crippen LogP contribution is -2.25. The second-order valence-electron chi connectivity index (χ2n) is 5.11. The Labute approximate surface area is 98.2 Å². The predicted molar refractivity (Wildman–Crippen MR) is 66.0 cm³/mol. The Balaban J connectivity index is 1.84. The molecule has 1 aliphatic rings. The topological polar surface area (TPSA) is 39.2 Å². The third-order valence-electron chi connectivity index (χ3n) is 3.97. The van der Waals surface area contributed by atoms with Crippen molar-refractivity contribution < 1.29 is 4.42 Å². The molecule has 90 valence electrons. The highest BCUT2D eigenvalue weighted by Gasteiger charge is 2.27. The Morgan fingerprint density at radius 1 is 1.38 bits per heavy atom. The van der Waals surface area contributed by atoms with Crippen LogP contribution in [0.25, 0.3) is 0 Å². The van der Waals surface area contributed by atoms with Gasteiger partial charge in [0, 0.05) is 0 Å². The Kier molecular flexibility index (Phi) is 4.05. The minimum atomic E-state index is 0.109. The van der Waals surface area contributed by atoms with Crippen LogP contribution in [-0.4, -0.2) is 0 Å². The number of rotatable bonds is 4. The molecule has 1 aliphatic carbocycles. The van der Waals surface area contributed by atoms with Crippen LogP contribution in [-0.2, 0) is 0 Å². The molecule has 0 spiro atoms. The number of hydrogen-bond acceptors (Lipinski definition) is 2. The molecule has 0 saturated heterocycles. The maximum atomic E-state index is 6.24. The Hall–Kier alpha value is -0.760. The van der Waals surface area contributed by atoms with Gasteiger partial charge in [-0.05, 0) is 36.8 Å². The fourth-order valence-corrected chi connectivity index (χ4v) is 2.96. The van der Waals surface area contributed by atoms with E-state index in [-0.39, 0.29) is 6.04 Å². The van der Waals surface area contributed by atoms with E-state index in [2.05, 4.69) is 6.92 Å². The predicted octanol–water partition coefficient (Wildman–Crippen LogP) is 3.89. The average Bonchev–Trinajstić information content (AvgIpc) is 2.83.